The molecule has 1 amide bonds. The van der Waals surface area contributed by atoms with Crippen molar-refractivity contribution in [2.24, 2.45) is 0 Å². The van der Waals surface area contributed by atoms with Crippen LogP contribution in [0.1, 0.15) is 34.8 Å². The molecule has 22 heavy (non-hydrogen) atoms. The van der Waals surface area contributed by atoms with Crippen LogP contribution in [0.25, 0.3) is 11.0 Å². The number of benzene rings is 1. The SMILES string of the molecule is O=C(NCc1nnc2n1CCCC2)c1ccc2n[nH]nc2c1. The second-order valence-electron chi connectivity index (χ2n) is 5.35. The molecule has 1 aliphatic rings. The van der Waals surface area contributed by atoms with E-state index in [2.05, 4.69) is 35.5 Å². The summed E-state index contributed by atoms with van der Waals surface area (Å²) in [6, 6.07) is 5.22. The van der Waals surface area contributed by atoms with E-state index in [0.717, 1.165) is 43.0 Å². The van der Waals surface area contributed by atoms with Gasteiger partial charge in [0.15, 0.2) is 5.82 Å². The summed E-state index contributed by atoms with van der Waals surface area (Å²) in [5.41, 5.74) is 1.97. The summed E-state index contributed by atoms with van der Waals surface area (Å²) in [4.78, 5) is 12.2. The zero-order valence-corrected chi connectivity index (χ0v) is 11.9. The molecule has 0 saturated carbocycles. The lowest BCUT2D eigenvalue weighted by atomic mass is 10.1. The third-order valence-electron chi connectivity index (χ3n) is 3.92. The van der Waals surface area contributed by atoms with Crippen molar-refractivity contribution in [3.63, 3.8) is 0 Å². The Balaban J connectivity index is 1.49. The fourth-order valence-electron chi connectivity index (χ4n) is 2.74. The maximum atomic E-state index is 12.2. The number of fused-ring (bicyclic) bond motifs is 2. The number of nitrogens with one attached hydrogen (secondary N) is 2. The standard InChI is InChI=1S/C14H15N7O/c22-14(9-4-5-10-11(7-9)17-20-16-10)15-8-13-19-18-12-3-1-2-6-21(12)13/h4-5,7H,1-3,6,8H2,(H,15,22)(H,16,17,20). The van der Waals surface area contributed by atoms with Gasteiger partial charge in [-0.25, -0.2) is 0 Å². The molecule has 3 heterocycles. The number of aromatic nitrogens is 6. The van der Waals surface area contributed by atoms with Crippen LogP contribution in [-0.2, 0) is 19.5 Å². The lowest BCUT2D eigenvalue weighted by Crippen LogP contribution is -2.25. The molecule has 2 N–H and O–H groups in total. The Morgan fingerprint density at radius 3 is 3.09 bits per heavy atom. The Hall–Kier alpha value is -2.77. The van der Waals surface area contributed by atoms with Gasteiger partial charge in [0.2, 0.25) is 0 Å². The zero-order chi connectivity index (χ0) is 14.9. The Bertz CT molecular complexity index is 835. The van der Waals surface area contributed by atoms with E-state index >= 15 is 0 Å². The topological polar surface area (TPSA) is 101 Å². The molecule has 0 aliphatic carbocycles. The number of aryl methyl sites for hydroxylation is 1. The summed E-state index contributed by atoms with van der Waals surface area (Å²) in [6.45, 7) is 1.31. The number of hydrogen-bond acceptors (Lipinski definition) is 5. The lowest BCUT2D eigenvalue weighted by molar-refractivity contribution is 0.0949. The summed E-state index contributed by atoms with van der Waals surface area (Å²) in [5, 5.41) is 21.7. The van der Waals surface area contributed by atoms with Gasteiger partial charge in [-0.2, -0.15) is 15.4 Å². The first kappa shape index (κ1) is 12.9. The number of aromatic amines is 1. The van der Waals surface area contributed by atoms with E-state index in [1.165, 1.54) is 0 Å². The molecule has 8 heteroatoms. The molecule has 0 spiro atoms. The third kappa shape index (κ3) is 2.22. The van der Waals surface area contributed by atoms with Crippen molar-refractivity contribution in [3.8, 4) is 0 Å². The quantitative estimate of drug-likeness (QED) is 0.745. The Morgan fingerprint density at radius 1 is 1.23 bits per heavy atom. The molecule has 1 aromatic carbocycles. The minimum Gasteiger partial charge on any atom is -0.345 e. The number of hydrogen-bond donors (Lipinski definition) is 2. The molecule has 0 unspecified atom stereocenters. The number of carbonyl (C=O) groups excluding carboxylic acids is 1. The van der Waals surface area contributed by atoms with Crippen molar-refractivity contribution >= 4 is 16.9 Å². The van der Waals surface area contributed by atoms with Crippen LogP contribution in [0.5, 0.6) is 0 Å². The van der Waals surface area contributed by atoms with Crippen LogP contribution in [0.4, 0.5) is 0 Å². The van der Waals surface area contributed by atoms with Gasteiger partial charge in [0.25, 0.3) is 5.91 Å². The van der Waals surface area contributed by atoms with E-state index in [0.29, 0.717) is 17.6 Å². The van der Waals surface area contributed by atoms with Crippen molar-refractivity contribution in [1.29, 1.82) is 0 Å². The number of rotatable bonds is 3. The van der Waals surface area contributed by atoms with Crippen LogP contribution < -0.4 is 5.32 Å². The molecule has 0 fully saturated rings. The minimum absolute atomic E-state index is 0.155. The first-order chi connectivity index (χ1) is 10.8. The first-order valence-corrected chi connectivity index (χ1v) is 7.31. The molecular weight excluding hydrogens is 282 g/mol. The Morgan fingerprint density at radius 2 is 2.14 bits per heavy atom. The van der Waals surface area contributed by atoms with Crippen LogP contribution in [0, 0.1) is 0 Å². The van der Waals surface area contributed by atoms with E-state index < -0.39 is 0 Å². The monoisotopic (exact) mass is 297 g/mol. The van der Waals surface area contributed by atoms with Gasteiger partial charge in [0.1, 0.15) is 16.9 Å². The maximum absolute atomic E-state index is 12.2. The lowest BCUT2D eigenvalue weighted by Gasteiger charge is -2.14. The van der Waals surface area contributed by atoms with Crippen molar-refractivity contribution in [2.45, 2.75) is 32.4 Å². The Labute approximate surface area is 125 Å². The summed E-state index contributed by atoms with van der Waals surface area (Å²) in [5.74, 6) is 1.67. The normalized spacial score (nSPS) is 14.0. The molecule has 112 valence electrons. The van der Waals surface area contributed by atoms with Gasteiger partial charge in [-0.3, -0.25) is 4.79 Å². The molecule has 0 bridgehead atoms. The van der Waals surface area contributed by atoms with E-state index in [4.69, 9.17) is 0 Å². The van der Waals surface area contributed by atoms with Gasteiger partial charge < -0.3 is 9.88 Å². The van der Waals surface area contributed by atoms with Crippen molar-refractivity contribution in [3.05, 3.63) is 35.4 Å². The molecule has 3 aromatic rings. The van der Waals surface area contributed by atoms with Crippen molar-refractivity contribution in [1.82, 2.24) is 35.5 Å². The van der Waals surface area contributed by atoms with Crippen molar-refractivity contribution in [2.75, 3.05) is 0 Å². The summed E-state index contributed by atoms with van der Waals surface area (Å²) in [7, 11) is 0. The molecule has 4 rings (SSSR count). The molecule has 1 aliphatic heterocycles. The summed E-state index contributed by atoms with van der Waals surface area (Å²) < 4.78 is 2.10. The average molecular weight is 297 g/mol. The predicted molar refractivity (Wildman–Crippen MR) is 78.0 cm³/mol. The highest BCUT2D eigenvalue weighted by Gasteiger charge is 2.16. The van der Waals surface area contributed by atoms with Gasteiger partial charge >= 0.3 is 0 Å². The van der Waals surface area contributed by atoms with E-state index in [9.17, 15) is 4.79 Å². The van der Waals surface area contributed by atoms with Gasteiger partial charge in [-0.1, -0.05) is 0 Å². The largest absolute Gasteiger partial charge is 0.345 e. The second kappa shape index (κ2) is 5.21. The molecule has 0 atom stereocenters. The van der Waals surface area contributed by atoms with E-state index in [1.807, 2.05) is 0 Å². The fraction of sp³-hybridized carbons (Fsp3) is 0.357. The third-order valence-corrected chi connectivity index (χ3v) is 3.92. The van der Waals surface area contributed by atoms with Crippen LogP contribution >= 0.6 is 0 Å². The van der Waals surface area contributed by atoms with E-state index in [-0.39, 0.29) is 5.91 Å². The highest BCUT2D eigenvalue weighted by Crippen LogP contribution is 2.14. The van der Waals surface area contributed by atoms with Gasteiger partial charge in [0, 0.05) is 18.5 Å². The molecule has 2 aromatic heterocycles. The predicted octanol–water partition coefficient (Wildman–Crippen LogP) is 0.816. The maximum Gasteiger partial charge on any atom is 0.251 e. The van der Waals surface area contributed by atoms with E-state index in [1.54, 1.807) is 18.2 Å². The zero-order valence-electron chi connectivity index (χ0n) is 11.9. The number of carbonyl (C=O) groups is 1. The van der Waals surface area contributed by atoms with Crippen LogP contribution in [0.2, 0.25) is 0 Å². The van der Waals surface area contributed by atoms with Crippen LogP contribution in [0.3, 0.4) is 0 Å². The summed E-state index contributed by atoms with van der Waals surface area (Å²) in [6.07, 6.45) is 3.25. The van der Waals surface area contributed by atoms with Crippen LogP contribution in [-0.4, -0.2) is 36.1 Å². The minimum atomic E-state index is -0.155. The summed E-state index contributed by atoms with van der Waals surface area (Å²) >= 11 is 0. The average Bonchev–Trinajstić information content (AvgIpc) is 3.18. The molecule has 8 nitrogen and oxygen atoms in total. The fourth-order valence-corrected chi connectivity index (χ4v) is 2.74. The molecular formula is C14H15N7O. The molecule has 0 radical (unpaired) electrons. The van der Waals surface area contributed by atoms with Gasteiger partial charge in [-0.15, -0.1) is 10.2 Å². The van der Waals surface area contributed by atoms with Gasteiger partial charge in [0.05, 0.1) is 6.54 Å². The highest BCUT2D eigenvalue weighted by molar-refractivity contribution is 5.97. The Kier molecular flexibility index (Phi) is 3.06. The first-order valence-electron chi connectivity index (χ1n) is 7.31. The van der Waals surface area contributed by atoms with Crippen LogP contribution in [0.15, 0.2) is 18.2 Å². The second-order valence-corrected chi connectivity index (χ2v) is 5.35. The highest BCUT2D eigenvalue weighted by atomic mass is 16.1. The number of amides is 1. The number of H-pyrrole nitrogens is 1. The molecule has 0 saturated heterocycles. The van der Waals surface area contributed by atoms with Crippen molar-refractivity contribution < 1.29 is 4.79 Å². The number of nitrogens with zero attached hydrogens (tertiary/aromatic N) is 5. The van der Waals surface area contributed by atoms with Gasteiger partial charge in [-0.05, 0) is 31.0 Å². The smallest absolute Gasteiger partial charge is 0.251 e.